The number of hydrogen-bond acceptors (Lipinski definition) is 1. The number of nitrogens with zero attached hydrogens (tertiary/aromatic N) is 1. The summed E-state index contributed by atoms with van der Waals surface area (Å²) in [5, 5.41) is 3.15. The molecule has 1 saturated heterocycles. The molecule has 1 aromatic rings. The summed E-state index contributed by atoms with van der Waals surface area (Å²) < 4.78 is 0. The molecule has 0 unspecified atom stereocenters. The van der Waals surface area contributed by atoms with Gasteiger partial charge in [0, 0.05) is 19.6 Å². The second-order valence-corrected chi connectivity index (χ2v) is 6.96. The summed E-state index contributed by atoms with van der Waals surface area (Å²) in [6, 6.07) is 10.9. The number of nitrogens with one attached hydrogen (secondary N) is 1. The molecule has 22 heavy (non-hydrogen) atoms. The monoisotopic (exact) mass is 300 g/mol. The first-order valence-electron chi connectivity index (χ1n) is 8.88. The maximum Gasteiger partial charge on any atom is 0.317 e. The van der Waals surface area contributed by atoms with Gasteiger partial charge in [-0.15, -0.1) is 0 Å². The lowest BCUT2D eigenvalue weighted by molar-refractivity contribution is 0.169. The number of carbonyl (C=O) groups is 1. The van der Waals surface area contributed by atoms with Crippen molar-refractivity contribution in [3.8, 4) is 0 Å². The Morgan fingerprint density at radius 1 is 1.00 bits per heavy atom. The van der Waals surface area contributed by atoms with Gasteiger partial charge in [-0.1, -0.05) is 43.2 Å². The molecule has 3 nitrogen and oxygen atoms in total. The highest BCUT2D eigenvalue weighted by Crippen LogP contribution is 2.24. The molecule has 1 aliphatic carbocycles. The molecule has 0 atom stereocenters. The van der Waals surface area contributed by atoms with E-state index in [4.69, 9.17) is 0 Å². The molecule has 2 fully saturated rings. The van der Waals surface area contributed by atoms with E-state index in [9.17, 15) is 4.79 Å². The highest BCUT2D eigenvalue weighted by atomic mass is 16.2. The smallest absolute Gasteiger partial charge is 0.317 e. The van der Waals surface area contributed by atoms with Gasteiger partial charge in [-0.2, -0.15) is 0 Å². The second kappa shape index (κ2) is 7.66. The zero-order valence-electron chi connectivity index (χ0n) is 13.5. The van der Waals surface area contributed by atoms with E-state index in [1.807, 2.05) is 4.90 Å². The summed E-state index contributed by atoms with van der Waals surface area (Å²) in [4.78, 5) is 14.2. The molecular weight excluding hydrogens is 272 g/mol. The van der Waals surface area contributed by atoms with Gasteiger partial charge >= 0.3 is 6.03 Å². The van der Waals surface area contributed by atoms with Gasteiger partial charge in [0.05, 0.1) is 0 Å². The van der Waals surface area contributed by atoms with Crippen molar-refractivity contribution >= 4 is 6.03 Å². The van der Waals surface area contributed by atoms with Crippen molar-refractivity contribution in [2.45, 2.75) is 44.9 Å². The van der Waals surface area contributed by atoms with E-state index >= 15 is 0 Å². The maximum absolute atomic E-state index is 12.2. The van der Waals surface area contributed by atoms with Crippen molar-refractivity contribution in [1.29, 1.82) is 0 Å². The molecule has 2 aliphatic rings. The Morgan fingerprint density at radius 2 is 1.68 bits per heavy atom. The molecule has 1 aliphatic heterocycles. The Kier molecular flexibility index (Phi) is 5.36. The van der Waals surface area contributed by atoms with E-state index < -0.39 is 0 Å². The Hall–Kier alpha value is -1.51. The van der Waals surface area contributed by atoms with Crippen LogP contribution in [0, 0.1) is 11.8 Å². The van der Waals surface area contributed by atoms with E-state index in [0.717, 1.165) is 50.7 Å². The molecule has 2 amide bonds. The highest BCUT2D eigenvalue weighted by Gasteiger charge is 2.23. The molecule has 1 saturated carbocycles. The minimum Gasteiger partial charge on any atom is -0.338 e. The first-order chi connectivity index (χ1) is 10.8. The number of rotatable bonds is 4. The van der Waals surface area contributed by atoms with Crippen molar-refractivity contribution < 1.29 is 4.79 Å². The number of piperidine rings is 1. The van der Waals surface area contributed by atoms with Crippen LogP contribution < -0.4 is 5.32 Å². The fraction of sp³-hybridized carbons (Fsp3) is 0.632. The van der Waals surface area contributed by atoms with Crippen LogP contribution in [0.5, 0.6) is 0 Å². The van der Waals surface area contributed by atoms with Gasteiger partial charge in [0.15, 0.2) is 0 Å². The van der Waals surface area contributed by atoms with Gasteiger partial charge < -0.3 is 10.2 Å². The van der Waals surface area contributed by atoms with E-state index in [1.165, 1.54) is 31.2 Å². The SMILES string of the molecule is O=C(NCC1CCCC1)N1CCC(Cc2ccccc2)CC1. The Morgan fingerprint density at radius 3 is 2.36 bits per heavy atom. The van der Waals surface area contributed by atoms with Gasteiger partial charge in [-0.3, -0.25) is 0 Å². The van der Waals surface area contributed by atoms with Crippen LogP contribution in [0.4, 0.5) is 4.79 Å². The predicted molar refractivity (Wildman–Crippen MR) is 89.8 cm³/mol. The van der Waals surface area contributed by atoms with Gasteiger partial charge in [-0.25, -0.2) is 4.79 Å². The molecule has 0 bridgehead atoms. The van der Waals surface area contributed by atoms with Crippen LogP contribution >= 0.6 is 0 Å². The van der Waals surface area contributed by atoms with Crippen LogP contribution in [-0.4, -0.2) is 30.6 Å². The van der Waals surface area contributed by atoms with Crippen LogP contribution in [-0.2, 0) is 6.42 Å². The third-order valence-electron chi connectivity index (χ3n) is 5.29. The fourth-order valence-electron chi connectivity index (χ4n) is 3.85. The number of hydrogen-bond donors (Lipinski definition) is 1. The number of benzene rings is 1. The fourth-order valence-corrected chi connectivity index (χ4v) is 3.85. The van der Waals surface area contributed by atoms with Gasteiger partial charge in [0.1, 0.15) is 0 Å². The summed E-state index contributed by atoms with van der Waals surface area (Å²) in [5.41, 5.74) is 1.42. The standard InChI is InChI=1S/C19H28N2O/c22-19(20-15-18-8-4-5-9-18)21-12-10-17(11-13-21)14-16-6-2-1-3-7-16/h1-3,6-7,17-18H,4-5,8-15H2,(H,20,22). The van der Waals surface area contributed by atoms with E-state index in [2.05, 4.69) is 35.6 Å². The van der Waals surface area contributed by atoms with Crippen molar-refractivity contribution in [2.24, 2.45) is 11.8 Å². The van der Waals surface area contributed by atoms with Crippen LogP contribution in [0.3, 0.4) is 0 Å². The first kappa shape index (κ1) is 15.4. The van der Waals surface area contributed by atoms with Crippen molar-refractivity contribution in [1.82, 2.24) is 10.2 Å². The zero-order chi connectivity index (χ0) is 15.2. The minimum atomic E-state index is 0.157. The largest absolute Gasteiger partial charge is 0.338 e. The van der Waals surface area contributed by atoms with Gasteiger partial charge in [-0.05, 0) is 49.5 Å². The first-order valence-corrected chi connectivity index (χ1v) is 8.88. The number of urea groups is 1. The highest BCUT2D eigenvalue weighted by molar-refractivity contribution is 5.74. The summed E-state index contributed by atoms with van der Waals surface area (Å²) >= 11 is 0. The molecule has 1 N–H and O–H groups in total. The van der Waals surface area contributed by atoms with Gasteiger partial charge in [0.25, 0.3) is 0 Å². The summed E-state index contributed by atoms with van der Waals surface area (Å²) in [6.07, 6.45) is 8.67. The molecule has 3 rings (SSSR count). The van der Waals surface area contributed by atoms with Crippen molar-refractivity contribution in [3.05, 3.63) is 35.9 Å². The third-order valence-corrected chi connectivity index (χ3v) is 5.29. The van der Waals surface area contributed by atoms with E-state index in [-0.39, 0.29) is 6.03 Å². The Bertz CT molecular complexity index is 460. The average molecular weight is 300 g/mol. The molecule has 0 radical (unpaired) electrons. The van der Waals surface area contributed by atoms with Crippen LogP contribution in [0.1, 0.15) is 44.1 Å². The topological polar surface area (TPSA) is 32.3 Å². The lowest BCUT2D eigenvalue weighted by Crippen LogP contribution is -2.45. The number of likely N-dealkylation sites (tertiary alicyclic amines) is 1. The van der Waals surface area contributed by atoms with Crippen LogP contribution in [0.2, 0.25) is 0 Å². The maximum atomic E-state index is 12.2. The van der Waals surface area contributed by atoms with Crippen LogP contribution in [0.15, 0.2) is 30.3 Å². The van der Waals surface area contributed by atoms with Crippen molar-refractivity contribution in [2.75, 3.05) is 19.6 Å². The van der Waals surface area contributed by atoms with E-state index in [1.54, 1.807) is 0 Å². The number of amides is 2. The van der Waals surface area contributed by atoms with Crippen molar-refractivity contribution in [3.63, 3.8) is 0 Å². The molecule has 120 valence electrons. The minimum absolute atomic E-state index is 0.157. The third kappa shape index (κ3) is 4.25. The molecule has 0 aromatic heterocycles. The molecular formula is C19H28N2O. The predicted octanol–water partition coefficient (Wildman–Crippen LogP) is 3.84. The molecule has 1 aromatic carbocycles. The summed E-state index contributed by atoms with van der Waals surface area (Å²) in [7, 11) is 0. The Labute approximate surface area is 134 Å². The quantitative estimate of drug-likeness (QED) is 0.900. The zero-order valence-corrected chi connectivity index (χ0v) is 13.5. The van der Waals surface area contributed by atoms with Gasteiger partial charge in [0.2, 0.25) is 0 Å². The second-order valence-electron chi connectivity index (χ2n) is 6.96. The lowest BCUT2D eigenvalue weighted by Gasteiger charge is -2.32. The molecule has 3 heteroatoms. The Balaban J connectivity index is 1.38. The summed E-state index contributed by atoms with van der Waals surface area (Å²) in [5.74, 6) is 1.45. The average Bonchev–Trinajstić information content (AvgIpc) is 3.08. The van der Waals surface area contributed by atoms with Crippen LogP contribution in [0.25, 0.3) is 0 Å². The number of carbonyl (C=O) groups excluding carboxylic acids is 1. The lowest BCUT2D eigenvalue weighted by atomic mass is 9.90. The molecule has 0 spiro atoms. The van der Waals surface area contributed by atoms with E-state index in [0.29, 0.717) is 0 Å². The molecule has 1 heterocycles. The summed E-state index contributed by atoms with van der Waals surface area (Å²) in [6.45, 7) is 2.70. The normalized spacial score (nSPS) is 20.3.